The third kappa shape index (κ3) is 4.39. The molecule has 0 saturated carbocycles. The number of benzene rings is 1. The van der Waals surface area contributed by atoms with Crippen molar-refractivity contribution in [3.8, 4) is 0 Å². The van der Waals surface area contributed by atoms with Crippen LogP contribution in [0.1, 0.15) is 30.7 Å². The van der Waals surface area contributed by atoms with Crippen molar-refractivity contribution in [1.82, 2.24) is 4.90 Å². The Morgan fingerprint density at radius 2 is 2.00 bits per heavy atom. The van der Waals surface area contributed by atoms with Gasteiger partial charge in [0.25, 0.3) is 0 Å². The number of carbonyl (C=O) groups is 1. The molecule has 1 amide bonds. The summed E-state index contributed by atoms with van der Waals surface area (Å²) in [6.45, 7) is 6.70. The lowest BCUT2D eigenvalue weighted by Crippen LogP contribution is -2.48. The molecule has 6 nitrogen and oxygen atoms in total. The molecule has 28 heavy (non-hydrogen) atoms. The van der Waals surface area contributed by atoms with Crippen molar-refractivity contribution in [2.45, 2.75) is 43.1 Å². The van der Waals surface area contributed by atoms with Gasteiger partial charge in [-0.15, -0.1) is 0 Å². The van der Waals surface area contributed by atoms with E-state index in [2.05, 4.69) is 9.58 Å². The second kappa shape index (κ2) is 7.97. The van der Waals surface area contributed by atoms with E-state index >= 15 is 0 Å². The molecule has 0 aromatic heterocycles. The molecule has 1 unspecified atom stereocenters. The quantitative estimate of drug-likeness (QED) is 0.790. The second-order valence-corrected chi connectivity index (χ2v) is 7.18. The summed E-state index contributed by atoms with van der Waals surface area (Å²) >= 11 is 0. The van der Waals surface area contributed by atoms with E-state index in [-0.39, 0.29) is 19.0 Å². The van der Waals surface area contributed by atoms with Gasteiger partial charge in [0, 0.05) is 19.0 Å². The summed E-state index contributed by atoms with van der Waals surface area (Å²) in [6, 6.07) is 7.37. The minimum absolute atomic E-state index is 0.183. The van der Waals surface area contributed by atoms with Crippen molar-refractivity contribution in [1.29, 1.82) is 0 Å². The molecule has 2 saturated heterocycles. The lowest BCUT2D eigenvalue weighted by molar-refractivity contribution is -0.215. The Balaban J connectivity index is 1.55. The molecule has 0 radical (unpaired) electrons. The summed E-state index contributed by atoms with van der Waals surface area (Å²) in [7, 11) is 0. The standard InChI is InChI=1S/C19H21F3N2O4/c1-23-15-4-2-13(3-5-15)14-10-18(27-12-14)6-8-24(9-7-18)17(26)28-16(11-25)19(20,21)22/h2-5,14,16,25H,6-12H2/t14?,16-/m1/s1. The first kappa shape index (κ1) is 20.4. The third-order valence-electron chi connectivity index (χ3n) is 5.41. The number of aliphatic hydroxyl groups excluding tert-OH is 1. The first-order valence-corrected chi connectivity index (χ1v) is 9.01. The van der Waals surface area contributed by atoms with E-state index in [0.717, 1.165) is 12.0 Å². The highest BCUT2D eigenvalue weighted by atomic mass is 19.4. The van der Waals surface area contributed by atoms with Gasteiger partial charge in [-0.25, -0.2) is 9.64 Å². The van der Waals surface area contributed by atoms with Gasteiger partial charge in [-0.3, -0.25) is 0 Å². The number of rotatable bonds is 3. The molecule has 152 valence electrons. The van der Waals surface area contributed by atoms with E-state index in [1.54, 1.807) is 12.1 Å². The number of likely N-dealkylation sites (tertiary alicyclic amines) is 1. The predicted octanol–water partition coefficient (Wildman–Crippen LogP) is 3.64. The van der Waals surface area contributed by atoms with Crippen LogP contribution in [0.25, 0.3) is 4.85 Å². The molecule has 2 heterocycles. The molecular formula is C19H21F3N2O4. The molecule has 2 atom stereocenters. The Bertz CT molecular complexity index is 737. The highest BCUT2D eigenvalue weighted by molar-refractivity contribution is 5.68. The zero-order valence-electron chi connectivity index (χ0n) is 15.1. The van der Waals surface area contributed by atoms with E-state index in [4.69, 9.17) is 16.4 Å². The fourth-order valence-electron chi connectivity index (χ4n) is 3.73. The zero-order chi connectivity index (χ0) is 20.4. The molecule has 1 N–H and O–H groups in total. The van der Waals surface area contributed by atoms with Crippen LogP contribution < -0.4 is 0 Å². The van der Waals surface area contributed by atoms with Crippen LogP contribution in [-0.4, -0.2) is 60.3 Å². The summed E-state index contributed by atoms with van der Waals surface area (Å²) < 4.78 is 48.4. The number of hydrogen-bond donors (Lipinski definition) is 1. The van der Waals surface area contributed by atoms with Crippen molar-refractivity contribution in [2.75, 3.05) is 26.3 Å². The van der Waals surface area contributed by atoms with E-state index in [1.807, 2.05) is 12.1 Å². The average Bonchev–Trinajstić information content (AvgIpc) is 3.09. The number of piperidine rings is 1. The third-order valence-corrected chi connectivity index (χ3v) is 5.41. The Hall–Kier alpha value is -2.31. The summed E-state index contributed by atoms with van der Waals surface area (Å²) in [6.07, 6.45) is -6.61. The van der Waals surface area contributed by atoms with Crippen molar-refractivity contribution < 1.29 is 32.5 Å². The SMILES string of the molecule is [C-]#[N+]c1ccc(C2COC3(CCN(C(=O)O[C@H](CO)C(F)(F)F)CC3)C2)cc1. The fourth-order valence-corrected chi connectivity index (χ4v) is 3.73. The Morgan fingerprint density at radius 3 is 2.54 bits per heavy atom. The van der Waals surface area contributed by atoms with Crippen LogP contribution >= 0.6 is 0 Å². The number of amides is 1. The van der Waals surface area contributed by atoms with Crippen molar-refractivity contribution in [3.05, 3.63) is 41.2 Å². The van der Waals surface area contributed by atoms with Crippen LogP contribution in [0.2, 0.25) is 0 Å². The lowest BCUT2D eigenvalue weighted by Gasteiger charge is -2.38. The van der Waals surface area contributed by atoms with Crippen LogP contribution in [-0.2, 0) is 9.47 Å². The largest absolute Gasteiger partial charge is 0.434 e. The van der Waals surface area contributed by atoms with Gasteiger partial charge in [0.2, 0.25) is 6.10 Å². The number of halogens is 3. The van der Waals surface area contributed by atoms with Gasteiger partial charge in [-0.1, -0.05) is 24.3 Å². The van der Waals surface area contributed by atoms with Crippen LogP contribution in [0, 0.1) is 6.57 Å². The van der Waals surface area contributed by atoms with E-state index in [9.17, 15) is 18.0 Å². The average molecular weight is 398 g/mol. The van der Waals surface area contributed by atoms with E-state index in [0.29, 0.717) is 25.1 Å². The van der Waals surface area contributed by atoms with Crippen LogP contribution in [0.15, 0.2) is 24.3 Å². The van der Waals surface area contributed by atoms with Gasteiger partial charge < -0.3 is 19.5 Å². The van der Waals surface area contributed by atoms with Crippen molar-refractivity contribution >= 4 is 11.8 Å². The number of hydrogen-bond acceptors (Lipinski definition) is 4. The Kier molecular flexibility index (Phi) is 5.82. The van der Waals surface area contributed by atoms with Gasteiger partial charge in [-0.2, -0.15) is 13.2 Å². The second-order valence-electron chi connectivity index (χ2n) is 7.18. The van der Waals surface area contributed by atoms with Crippen molar-refractivity contribution in [2.24, 2.45) is 0 Å². The molecule has 1 aromatic carbocycles. The highest BCUT2D eigenvalue weighted by Crippen LogP contribution is 2.43. The van der Waals surface area contributed by atoms with E-state index < -0.39 is 30.6 Å². The number of aliphatic hydroxyl groups is 1. The molecule has 3 rings (SSSR count). The molecule has 9 heteroatoms. The maximum absolute atomic E-state index is 12.6. The van der Waals surface area contributed by atoms with E-state index in [1.165, 1.54) is 4.90 Å². The van der Waals surface area contributed by atoms with Crippen LogP contribution in [0.5, 0.6) is 0 Å². The molecule has 0 aliphatic carbocycles. The molecule has 2 aliphatic rings. The zero-order valence-corrected chi connectivity index (χ0v) is 15.1. The fraction of sp³-hybridized carbons (Fsp3) is 0.579. The first-order valence-electron chi connectivity index (χ1n) is 9.01. The minimum Gasteiger partial charge on any atom is -0.434 e. The maximum atomic E-state index is 12.6. The minimum atomic E-state index is -4.80. The lowest BCUT2D eigenvalue weighted by atomic mass is 9.83. The van der Waals surface area contributed by atoms with Gasteiger partial charge >= 0.3 is 12.3 Å². The Morgan fingerprint density at radius 1 is 1.36 bits per heavy atom. The number of nitrogens with zero attached hydrogens (tertiary/aromatic N) is 2. The highest BCUT2D eigenvalue weighted by Gasteiger charge is 2.46. The number of carbonyl (C=O) groups excluding carboxylic acids is 1. The molecule has 1 aromatic rings. The Labute approximate surface area is 160 Å². The van der Waals surface area contributed by atoms with Crippen LogP contribution in [0.4, 0.5) is 23.7 Å². The molecular weight excluding hydrogens is 377 g/mol. The summed E-state index contributed by atoms with van der Waals surface area (Å²) in [5.41, 5.74) is 1.26. The smallest absolute Gasteiger partial charge is 0.427 e. The number of ether oxygens (including phenoxy) is 2. The van der Waals surface area contributed by atoms with Gasteiger partial charge in [0.05, 0.1) is 25.4 Å². The summed E-state index contributed by atoms with van der Waals surface area (Å²) in [4.78, 5) is 16.6. The molecule has 2 fully saturated rings. The van der Waals surface area contributed by atoms with Gasteiger partial charge in [0.1, 0.15) is 0 Å². The van der Waals surface area contributed by atoms with Gasteiger partial charge in [-0.05, 0) is 24.8 Å². The number of alkyl halides is 3. The maximum Gasteiger partial charge on any atom is 0.427 e. The van der Waals surface area contributed by atoms with Gasteiger partial charge in [0.15, 0.2) is 5.69 Å². The molecule has 2 aliphatic heterocycles. The summed E-state index contributed by atoms with van der Waals surface area (Å²) in [5, 5.41) is 8.79. The normalized spacial score (nSPS) is 22.7. The van der Waals surface area contributed by atoms with Crippen LogP contribution in [0.3, 0.4) is 0 Å². The molecule has 1 spiro atoms. The summed E-state index contributed by atoms with van der Waals surface area (Å²) in [5.74, 6) is 0.183. The van der Waals surface area contributed by atoms with Crippen molar-refractivity contribution in [3.63, 3.8) is 0 Å². The topological polar surface area (TPSA) is 63.4 Å². The first-order chi connectivity index (χ1) is 13.3. The molecule has 0 bridgehead atoms. The predicted molar refractivity (Wildman–Crippen MR) is 93.0 cm³/mol. The monoisotopic (exact) mass is 398 g/mol.